The van der Waals surface area contributed by atoms with Crippen molar-refractivity contribution < 1.29 is 23.1 Å². The van der Waals surface area contributed by atoms with Crippen molar-refractivity contribution in [3.8, 4) is 22.5 Å². The lowest BCUT2D eigenvalue weighted by molar-refractivity contribution is -0.141. The van der Waals surface area contributed by atoms with Crippen LogP contribution in [0.3, 0.4) is 0 Å². The first-order chi connectivity index (χ1) is 16.9. The number of furan rings is 1. The second kappa shape index (κ2) is 8.47. The van der Waals surface area contributed by atoms with E-state index in [0.29, 0.717) is 64.4 Å². The van der Waals surface area contributed by atoms with Gasteiger partial charge in [-0.2, -0.15) is 0 Å². The number of halogens is 3. The Balaban J connectivity index is 1.39. The van der Waals surface area contributed by atoms with Crippen molar-refractivity contribution in [2.45, 2.75) is 25.3 Å². The Kier molecular flexibility index (Phi) is 5.38. The number of aliphatic carboxylic acids is 1. The number of rotatable bonds is 4. The maximum absolute atomic E-state index is 15.6. The Morgan fingerprint density at radius 2 is 1.86 bits per heavy atom. The van der Waals surface area contributed by atoms with Crippen LogP contribution in [0.15, 0.2) is 59.0 Å². The zero-order valence-corrected chi connectivity index (χ0v) is 19.5. The summed E-state index contributed by atoms with van der Waals surface area (Å²) in [5, 5.41) is 10.4. The minimum absolute atomic E-state index is 0.00601. The summed E-state index contributed by atoms with van der Waals surface area (Å²) in [6.07, 6.45) is 1.96. The van der Waals surface area contributed by atoms with E-state index in [2.05, 4.69) is 4.90 Å². The topological polar surface area (TPSA) is 53.7 Å². The number of fused-ring (bicyclic) bond motifs is 2. The number of likely N-dealkylation sites (tertiary alicyclic amines) is 1. The molecule has 6 rings (SSSR count). The molecule has 7 heteroatoms. The molecular formula is C28H22ClF2NO3. The van der Waals surface area contributed by atoms with Crippen LogP contribution in [-0.4, -0.2) is 29.1 Å². The van der Waals surface area contributed by atoms with Gasteiger partial charge in [0.2, 0.25) is 0 Å². The van der Waals surface area contributed by atoms with Gasteiger partial charge in [-0.15, -0.1) is 0 Å². The number of hydrogen-bond donors (Lipinski definition) is 1. The largest absolute Gasteiger partial charge is 0.481 e. The van der Waals surface area contributed by atoms with Gasteiger partial charge >= 0.3 is 5.97 Å². The van der Waals surface area contributed by atoms with Crippen LogP contribution in [0, 0.1) is 17.6 Å². The minimum Gasteiger partial charge on any atom is -0.481 e. The number of carboxylic acids is 1. The van der Waals surface area contributed by atoms with Crippen LogP contribution in [0.4, 0.5) is 8.78 Å². The van der Waals surface area contributed by atoms with Crippen LogP contribution >= 0.6 is 11.6 Å². The van der Waals surface area contributed by atoms with Gasteiger partial charge in [-0.05, 0) is 72.8 Å². The first-order valence-electron chi connectivity index (χ1n) is 11.7. The van der Waals surface area contributed by atoms with Crippen LogP contribution in [0.1, 0.15) is 30.0 Å². The molecule has 4 aromatic rings. The molecule has 2 atom stereocenters. The molecule has 1 aliphatic carbocycles. The number of benzene rings is 3. The monoisotopic (exact) mass is 493 g/mol. The van der Waals surface area contributed by atoms with Crippen LogP contribution in [0.25, 0.3) is 33.4 Å². The second-order valence-electron chi connectivity index (χ2n) is 9.34. The summed E-state index contributed by atoms with van der Waals surface area (Å²) in [5.41, 5.74) is 3.65. The lowest BCUT2D eigenvalue weighted by Gasteiger charge is -2.24. The van der Waals surface area contributed by atoms with Gasteiger partial charge in [-0.25, -0.2) is 8.78 Å². The molecule has 1 aromatic heterocycles. The molecule has 1 fully saturated rings. The summed E-state index contributed by atoms with van der Waals surface area (Å²) in [6, 6.07) is 15.4. The predicted molar refractivity (Wildman–Crippen MR) is 130 cm³/mol. The van der Waals surface area contributed by atoms with Crippen molar-refractivity contribution in [2.24, 2.45) is 5.92 Å². The molecule has 4 nitrogen and oxygen atoms in total. The maximum Gasteiger partial charge on any atom is 0.307 e. The molecule has 2 heterocycles. The van der Waals surface area contributed by atoms with Gasteiger partial charge in [0.1, 0.15) is 11.6 Å². The normalized spacial score (nSPS) is 20.0. The molecule has 0 amide bonds. The SMILES string of the molecule is O=C(O)[C@@H]1CCN([C@@H]2CCc3c2cc2cc(-c4cccc(-c5cccc(F)c5)c4Cl)oc2c3F)C1. The molecule has 35 heavy (non-hydrogen) atoms. The molecule has 0 bridgehead atoms. The molecule has 3 aromatic carbocycles. The Bertz CT molecular complexity index is 1480. The highest BCUT2D eigenvalue weighted by molar-refractivity contribution is 6.36. The lowest BCUT2D eigenvalue weighted by atomic mass is 10.0. The molecule has 0 radical (unpaired) electrons. The van der Waals surface area contributed by atoms with E-state index in [-0.39, 0.29) is 29.2 Å². The first kappa shape index (κ1) is 22.3. The zero-order valence-electron chi connectivity index (χ0n) is 18.7. The summed E-state index contributed by atoms with van der Waals surface area (Å²) in [4.78, 5) is 13.6. The highest BCUT2D eigenvalue weighted by Gasteiger charge is 2.37. The zero-order chi connectivity index (χ0) is 24.3. The van der Waals surface area contributed by atoms with Gasteiger partial charge in [0.25, 0.3) is 0 Å². The van der Waals surface area contributed by atoms with Gasteiger partial charge in [0.15, 0.2) is 11.4 Å². The fourth-order valence-electron chi connectivity index (χ4n) is 5.58. The molecule has 0 spiro atoms. The summed E-state index contributed by atoms with van der Waals surface area (Å²) in [5.74, 6) is -1.43. The van der Waals surface area contributed by atoms with Crippen molar-refractivity contribution in [1.29, 1.82) is 0 Å². The fraction of sp³-hybridized carbons (Fsp3) is 0.250. The summed E-state index contributed by atoms with van der Waals surface area (Å²) in [7, 11) is 0. The molecular weight excluding hydrogens is 472 g/mol. The van der Waals surface area contributed by atoms with Gasteiger partial charge < -0.3 is 9.52 Å². The number of carbonyl (C=O) groups is 1. The van der Waals surface area contributed by atoms with E-state index in [4.69, 9.17) is 16.0 Å². The van der Waals surface area contributed by atoms with E-state index in [1.807, 2.05) is 18.2 Å². The van der Waals surface area contributed by atoms with Crippen molar-refractivity contribution in [3.05, 3.63) is 82.4 Å². The Labute approximate surface area is 205 Å². The molecule has 0 unspecified atom stereocenters. The highest BCUT2D eigenvalue weighted by Crippen LogP contribution is 2.44. The quantitative estimate of drug-likeness (QED) is 0.329. The summed E-state index contributed by atoms with van der Waals surface area (Å²) >= 11 is 6.72. The van der Waals surface area contributed by atoms with Gasteiger partial charge in [0.05, 0.1) is 10.9 Å². The lowest BCUT2D eigenvalue weighted by Crippen LogP contribution is -2.26. The fourth-order valence-corrected chi connectivity index (χ4v) is 5.90. The Hall–Kier alpha value is -3.22. The van der Waals surface area contributed by atoms with Crippen LogP contribution < -0.4 is 0 Å². The molecule has 2 aliphatic rings. The van der Waals surface area contributed by atoms with E-state index < -0.39 is 5.97 Å². The standard InChI is InChI=1S/C28H22ClF2NO3/c29-25-19(15-3-1-4-18(30)11-15)5-2-6-21(25)24-13-17-12-22-20(26(31)27(17)35-24)7-8-23(22)32-10-9-16(14-32)28(33)34/h1-6,11-13,16,23H,7-10,14H2,(H,33,34)/t16-,23-/m1/s1. The van der Waals surface area contributed by atoms with Crippen molar-refractivity contribution in [3.63, 3.8) is 0 Å². The molecule has 1 saturated heterocycles. The third-order valence-electron chi connectivity index (χ3n) is 7.32. The van der Waals surface area contributed by atoms with E-state index in [9.17, 15) is 14.3 Å². The van der Waals surface area contributed by atoms with Crippen LogP contribution in [0.2, 0.25) is 5.02 Å². The highest BCUT2D eigenvalue weighted by atomic mass is 35.5. The van der Waals surface area contributed by atoms with Gasteiger partial charge in [0, 0.05) is 29.1 Å². The van der Waals surface area contributed by atoms with Crippen molar-refractivity contribution in [2.75, 3.05) is 13.1 Å². The first-order valence-corrected chi connectivity index (χ1v) is 12.0. The maximum atomic E-state index is 15.6. The minimum atomic E-state index is -0.774. The Morgan fingerprint density at radius 3 is 2.63 bits per heavy atom. The molecule has 1 N–H and O–H groups in total. The second-order valence-corrected chi connectivity index (χ2v) is 9.72. The molecule has 0 saturated carbocycles. The summed E-state index contributed by atoms with van der Waals surface area (Å²) < 4.78 is 35.3. The number of hydrogen-bond acceptors (Lipinski definition) is 3. The summed E-state index contributed by atoms with van der Waals surface area (Å²) in [6.45, 7) is 1.18. The van der Waals surface area contributed by atoms with Crippen LogP contribution in [-0.2, 0) is 11.2 Å². The average molecular weight is 494 g/mol. The Morgan fingerprint density at radius 1 is 1.06 bits per heavy atom. The van der Waals surface area contributed by atoms with E-state index in [0.717, 1.165) is 12.0 Å². The molecule has 1 aliphatic heterocycles. The van der Waals surface area contributed by atoms with Gasteiger partial charge in [-0.1, -0.05) is 35.9 Å². The van der Waals surface area contributed by atoms with E-state index >= 15 is 4.39 Å². The smallest absolute Gasteiger partial charge is 0.307 e. The van der Waals surface area contributed by atoms with Crippen molar-refractivity contribution in [1.82, 2.24) is 4.90 Å². The van der Waals surface area contributed by atoms with Gasteiger partial charge in [-0.3, -0.25) is 9.69 Å². The average Bonchev–Trinajstić information content (AvgIpc) is 3.57. The molecule has 178 valence electrons. The number of nitrogens with zero attached hydrogens (tertiary/aromatic N) is 1. The van der Waals surface area contributed by atoms with Crippen LogP contribution in [0.5, 0.6) is 0 Å². The predicted octanol–water partition coefficient (Wildman–Crippen LogP) is 7.09. The third kappa shape index (κ3) is 3.72. The number of carboxylic acid groups (broad SMARTS) is 1. The third-order valence-corrected chi connectivity index (χ3v) is 7.73. The van der Waals surface area contributed by atoms with E-state index in [1.54, 1.807) is 24.3 Å². The van der Waals surface area contributed by atoms with Crippen molar-refractivity contribution >= 4 is 28.5 Å². The van der Waals surface area contributed by atoms with E-state index in [1.165, 1.54) is 12.1 Å².